The highest BCUT2D eigenvalue weighted by atomic mass is 19.2. The Bertz CT molecular complexity index is 409. The van der Waals surface area contributed by atoms with Gasteiger partial charge in [0.05, 0.1) is 6.10 Å². The Morgan fingerprint density at radius 3 is 2.26 bits per heavy atom. The summed E-state index contributed by atoms with van der Waals surface area (Å²) in [5.74, 6) is -1.65. The maximum absolute atomic E-state index is 13.2. The van der Waals surface area contributed by atoms with Crippen LogP contribution in [0, 0.1) is 17.6 Å². The molecule has 3 unspecified atom stereocenters. The first-order valence-electron chi connectivity index (χ1n) is 6.75. The van der Waals surface area contributed by atoms with Crippen LogP contribution in [-0.2, 0) is 0 Å². The van der Waals surface area contributed by atoms with Gasteiger partial charge in [0, 0.05) is 12.1 Å². The Morgan fingerprint density at radius 2 is 1.79 bits per heavy atom. The summed E-state index contributed by atoms with van der Waals surface area (Å²) in [6.07, 6.45) is 0.0809. The average Bonchev–Trinajstić information content (AvgIpc) is 2.37. The summed E-state index contributed by atoms with van der Waals surface area (Å²) in [4.78, 5) is 0. The summed E-state index contributed by atoms with van der Waals surface area (Å²) in [5, 5.41) is 13.7. The van der Waals surface area contributed by atoms with Crippen molar-refractivity contribution >= 4 is 0 Å². The Kier molecular flexibility index (Phi) is 5.88. The molecule has 0 aliphatic rings. The fourth-order valence-electron chi connectivity index (χ4n) is 2.00. The standard InChI is InChI=1S/C15H23F2NO/c1-5-10(4)18-14(9(2)3)15(19)11-6-7-12(16)13(17)8-11/h6-10,14-15,18-19H,5H2,1-4H3. The number of hydrogen-bond acceptors (Lipinski definition) is 2. The molecule has 108 valence electrons. The average molecular weight is 271 g/mol. The summed E-state index contributed by atoms with van der Waals surface area (Å²) >= 11 is 0. The van der Waals surface area contributed by atoms with Crippen LogP contribution in [0.5, 0.6) is 0 Å². The van der Waals surface area contributed by atoms with E-state index in [2.05, 4.69) is 12.2 Å². The van der Waals surface area contributed by atoms with Crippen LogP contribution in [-0.4, -0.2) is 17.2 Å². The second-order valence-electron chi connectivity index (χ2n) is 5.36. The Morgan fingerprint density at radius 1 is 1.16 bits per heavy atom. The molecule has 0 saturated carbocycles. The van der Waals surface area contributed by atoms with E-state index in [1.165, 1.54) is 6.07 Å². The molecular formula is C15H23F2NO. The number of aliphatic hydroxyl groups is 1. The van der Waals surface area contributed by atoms with Crippen LogP contribution in [0.15, 0.2) is 18.2 Å². The topological polar surface area (TPSA) is 32.3 Å². The van der Waals surface area contributed by atoms with Crippen molar-refractivity contribution in [3.63, 3.8) is 0 Å². The second-order valence-corrected chi connectivity index (χ2v) is 5.36. The summed E-state index contributed by atoms with van der Waals surface area (Å²) in [6.45, 7) is 8.07. The van der Waals surface area contributed by atoms with Crippen molar-refractivity contribution in [1.82, 2.24) is 5.32 Å². The molecule has 19 heavy (non-hydrogen) atoms. The quantitative estimate of drug-likeness (QED) is 0.831. The van der Waals surface area contributed by atoms with Gasteiger partial charge in [0.15, 0.2) is 11.6 Å². The number of hydrogen-bond donors (Lipinski definition) is 2. The van der Waals surface area contributed by atoms with Gasteiger partial charge in [0.1, 0.15) is 0 Å². The lowest BCUT2D eigenvalue weighted by Gasteiger charge is -2.30. The Labute approximate surface area is 113 Å². The van der Waals surface area contributed by atoms with Gasteiger partial charge in [-0.1, -0.05) is 26.8 Å². The lowest BCUT2D eigenvalue weighted by atomic mass is 9.92. The van der Waals surface area contributed by atoms with Crippen LogP contribution in [0.2, 0.25) is 0 Å². The lowest BCUT2D eigenvalue weighted by molar-refractivity contribution is 0.0982. The molecule has 0 spiro atoms. The fourth-order valence-corrected chi connectivity index (χ4v) is 2.00. The van der Waals surface area contributed by atoms with Crippen LogP contribution in [0.1, 0.15) is 45.8 Å². The monoisotopic (exact) mass is 271 g/mol. The van der Waals surface area contributed by atoms with Crippen molar-refractivity contribution in [3.8, 4) is 0 Å². The third-order valence-electron chi connectivity index (χ3n) is 3.43. The molecule has 1 aromatic rings. The van der Waals surface area contributed by atoms with Crippen molar-refractivity contribution in [1.29, 1.82) is 0 Å². The molecule has 2 nitrogen and oxygen atoms in total. The molecule has 0 aliphatic carbocycles. The molecular weight excluding hydrogens is 248 g/mol. The van der Waals surface area contributed by atoms with Crippen LogP contribution in [0.25, 0.3) is 0 Å². The molecule has 0 aromatic heterocycles. The molecule has 2 N–H and O–H groups in total. The number of nitrogens with one attached hydrogen (secondary N) is 1. The molecule has 3 atom stereocenters. The molecule has 0 saturated heterocycles. The van der Waals surface area contributed by atoms with Gasteiger partial charge in [-0.25, -0.2) is 8.78 Å². The summed E-state index contributed by atoms with van der Waals surface area (Å²) in [6, 6.07) is 3.60. The minimum atomic E-state index is -0.928. The third kappa shape index (κ3) is 4.25. The third-order valence-corrected chi connectivity index (χ3v) is 3.43. The zero-order chi connectivity index (χ0) is 14.6. The summed E-state index contributed by atoms with van der Waals surface area (Å²) < 4.78 is 26.1. The first-order valence-corrected chi connectivity index (χ1v) is 6.75. The molecule has 0 fully saturated rings. The van der Waals surface area contributed by atoms with E-state index in [1.807, 2.05) is 20.8 Å². The first kappa shape index (κ1) is 16.1. The summed E-state index contributed by atoms with van der Waals surface area (Å²) in [7, 11) is 0. The van der Waals surface area contributed by atoms with E-state index in [0.29, 0.717) is 5.56 Å². The van der Waals surface area contributed by atoms with Crippen molar-refractivity contribution in [2.24, 2.45) is 5.92 Å². The number of benzene rings is 1. The normalized spacial score (nSPS) is 16.4. The van der Waals surface area contributed by atoms with Gasteiger partial charge >= 0.3 is 0 Å². The highest BCUT2D eigenvalue weighted by molar-refractivity contribution is 5.21. The van der Waals surface area contributed by atoms with E-state index >= 15 is 0 Å². The molecule has 4 heteroatoms. The Hall–Kier alpha value is -1.00. The SMILES string of the molecule is CCC(C)NC(C(C)C)C(O)c1ccc(F)c(F)c1. The van der Waals surface area contributed by atoms with E-state index in [9.17, 15) is 13.9 Å². The highest BCUT2D eigenvalue weighted by Gasteiger charge is 2.25. The van der Waals surface area contributed by atoms with E-state index in [1.54, 1.807) is 0 Å². The molecule has 0 aliphatic heterocycles. The zero-order valence-corrected chi connectivity index (χ0v) is 12.0. The zero-order valence-electron chi connectivity index (χ0n) is 12.0. The predicted octanol–water partition coefficient (Wildman–Crippen LogP) is 3.41. The predicted molar refractivity (Wildman–Crippen MR) is 72.8 cm³/mol. The molecule has 1 rings (SSSR count). The second kappa shape index (κ2) is 6.96. The smallest absolute Gasteiger partial charge is 0.159 e. The highest BCUT2D eigenvalue weighted by Crippen LogP contribution is 2.24. The van der Waals surface area contributed by atoms with Crippen molar-refractivity contribution in [3.05, 3.63) is 35.4 Å². The Balaban J connectivity index is 2.92. The van der Waals surface area contributed by atoms with E-state index in [0.717, 1.165) is 18.6 Å². The van der Waals surface area contributed by atoms with Gasteiger partial charge in [0.2, 0.25) is 0 Å². The molecule has 0 bridgehead atoms. The number of aliphatic hydroxyl groups excluding tert-OH is 1. The van der Waals surface area contributed by atoms with Gasteiger partial charge in [-0.15, -0.1) is 0 Å². The van der Waals surface area contributed by atoms with E-state index in [4.69, 9.17) is 0 Å². The molecule has 1 aromatic carbocycles. The van der Waals surface area contributed by atoms with E-state index in [-0.39, 0.29) is 18.0 Å². The van der Waals surface area contributed by atoms with E-state index < -0.39 is 17.7 Å². The number of halogens is 2. The van der Waals surface area contributed by atoms with Crippen LogP contribution in [0.3, 0.4) is 0 Å². The van der Waals surface area contributed by atoms with Gasteiger partial charge < -0.3 is 10.4 Å². The molecule has 0 heterocycles. The van der Waals surface area contributed by atoms with Crippen LogP contribution >= 0.6 is 0 Å². The van der Waals surface area contributed by atoms with Crippen LogP contribution < -0.4 is 5.32 Å². The van der Waals surface area contributed by atoms with Crippen molar-refractivity contribution in [2.75, 3.05) is 0 Å². The van der Waals surface area contributed by atoms with Gasteiger partial charge in [-0.05, 0) is 37.0 Å². The maximum Gasteiger partial charge on any atom is 0.159 e. The largest absolute Gasteiger partial charge is 0.387 e. The van der Waals surface area contributed by atoms with Crippen LogP contribution in [0.4, 0.5) is 8.78 Å². The van der Waals surface area contributed by atoms with Gasteiger partial charge in [-0.3, -0.25) is 0 Å². The number of rotatable bonds is 6. The van der Waals surface area contributed by atoms with Gasteiger partial charge in [-0.2, -0.15) is 0 Å². The minimum absolute atomic E-state index is 0.178. The lowest BCUT2D eigenvalue weighted by Crippen LogP contribution is -2.43. The minimum Gasteiger partial charge on any atom is -0.387 e. The van der Waals surface area contributed by atoms with Crippen molar-refractivity contribution < 1.29 is 13.9 Å². The maximum atomic E-state index is 13.2. The van der Waals surface area contributed by atoms with Crippen molar-refractivity contribution in [2.45, 2.75) is 52.3 Å². The first-order chi connectivity index (χ1) is 8.86. The molecule has 0 radical (unpaired) electrons. The van der Waals surface area contributed by atoms with Gasteiger partial charge in [0.25, 0.3) is 0 Å². The molecule has 0 amide bonds. The summed E-state index contributed by atoms with van der Waals surface area (Å²) in [5.41, 5.74) is 0.397. The fraction of sp³-hybridized carbons (Fsp3) is 0.600.